The van der Waals surface area contributed by atoms with Gasteiger partial charge in [0.1, 0.15) is 17.5 Å². The predicted octanol–water partition coefficient (Wildman–Crippen LogP) is 3.90. The molecule has 2 aromatic rings. The number of carbonyl (C=O) groups is 1. The number of halogens is 1. The van der Waals surface area contributed by atoms with E-state index in [9.17, 15) is 9.18 Å². The van der Waals surface area contributed by atoms with Crippen LogP contribution in [-0.2, 0) is 4.79 Å². The Bertz CT molecular complexity index is 789. The Morgan fingerprint density at radius 2 is 1.87 bits per heavy atom. The van der Waals surface area contributed by atoms with E-state index in [2.05, 4.69) is 10.6 Å². The Labute approximate surface area is 134 Å². The number of benzene rings is 2. The molecule has 2 N–H and O–H groups in total. The van der Waals surface area contributed by atoms with Gasteiger partial charge in [0.2, 0.25) is 0 Å². The van der Waals surface area contributed by atoms with Gasteiger partial charge in [0.25, 0.3) is 5.91 Å². The lowest BCUT2D eigenvalue weighted by Crippen LogP contribution is -2.14. The lowest BCUT2D eigenvalue weighted by atomic mass is 10.1. The molecule has 0 radical (unpaired) electrons. The van der Waals surface area contributed by atoms with Gasteiger partial charge in [-0.3, -0.25) is 4.79 Å². The highest BCUT2D eigenvalue weighted by molar-refractivity contribution is 6.06. The van der Waals surface area contributed by atoms with E-state index in [-0.39, 0.29) is 5.57 Å². The van der Waals surface area contributed by atoms with Crippen LogP contribution >= 0.6 is 0 Å². The third-order valence-corrected chi connectivity index (χ3v) is 3.22. The summed E-state index contributed by atoms with van der Waals surface area (Å²) >= 11 is 0. The highest BCUT2D eigenvalue weighted by atomic mass is 19.1. The van der Waals surface area contributed by atoms with Crippen LogP contribution < -0.4 is 10.6 Å². The summed E-state index contributed by atoms with van der Waals surface area (Å²) in [6.45, 7) is 3.93. The molecule has 5 heteroatoms. The zero-order valence-electron chi connectivity index (χ0n) is 12.9. The Kier molecular flexibility index (Phi) is 5.11. The van der Waals surface area contributed by atoms with Gasteiger partial charge in [0.05, 0.1) is 0 Å². The van der Waals surface area contributed by atoms with Crippen molar-refractivity contribution in [1.82, 2.24) is 0 Å². The quantitative estimate of drug-likeness (QED) is 0.665. The topological polar surface area (TPSA) is 64.9 Å². The van der Waals surface area contributed by atoms with E-state index < -0.39 is 11.7 Å². The summed E-state index contributed by atoms with van der Waals surface area (Å²) in [4.78, 5) is 12.1. The van der Waals surface area contributed by atoms with Crippen LogP contribution in [0, 0.1) is 31.0 Å². The third kappa shape index (κ3) is 4.42. The molecule has 0 heterocycles. The Hall–Kier alpha value is -3.13. The number of nitrogens with zero attached hydrogens (tertiary/aromatic N) is 1. The van der Waals surface area contributed by atoms with E-state index in [1.54, 1.807) is 0 Å². The molecule has 1 amide bonds. The van der Waals surface area contributed by atoms with Crippen molar-refractivity contribution in [3.05, 3.63) is 71.2 Å². The van der Waals surface area contributed by atoms with Gasteiger partial charge in [0, 0.05) is 17.6 Å². The molecule has 116 valence electrons. The first kappa shape index (κ1) is 16.2. The monoisotopic (exact) mass is 309 g/mol. The molecule has 0 aliphatic heterocycles. The molecule has 23 heavy (non-hydrogen) atoms. The molecular weight excluding hydrogens is 293 g/mol. The molecule has 0 saturated heterocycles. The fourth-order valence-corrected chi connectivity index (χ4v) is 2.01. The summed E-state index contributed by atoms with van der Waals surface area (Å²) in [7, 11) is 0. The minimum Gasteiger partial charge on any atom is -0.360 e. The second kappa shape index (κ2) is 7.23. The summed E-state index contributed by atoms with van der Waals surface area (Å²) in [6.07, 6.45) is 1.36. The molecule has 0 aliphatic carbocycles. The van der Waals surface area contributed by atoms with Crippen molar-refractivity contribution in [2.45, 2.75) is 13.8 Å². The molecule has 0 bridgehead atoms. The molecule has 0 aliphatic rings. The fourth-order valence-electron chi connectivity index (χ4n) is 2.01. The van der Waals surface area contributed by atoms with Gasteiger partial charge in [-0.05, 0) is 49.7 Å². The number of nitriles is 1. The SMILES string of the molecule is Cc1ccc(N/C=C(/C#N)C(=O)Nc2ccc(F)cc2)c(C)c1. The molecule has 4 nitrogen and oxygen atoms in total. The third-order valence-electron chi connectivity index (χ3n) is 3.22. The zero-order chi connectivity index (χ0) is 16.8. The molecule has 0 unspecified atom stereocenters. The highest BCUT2D eigenvalue weighted by Crippen LogP contribution is 2.16. The van der Waals surface area contributed by atoms with Crippen molar-refractivity contribution < 1.29 is 9.18 Å². The van der Waals surface area contributed by atoms with Crippen molar-refractivity contribution >= 4 is 17.3 Å². The van der Waals surface area contributed by atoms with Crippen LogP contribution in [-0.4, -0.2) is 5.91 Å². The van der Waals surface area contributed by atoms with Crippen molar-refractivity contribution in [3.8, 4) is 6.07 Å². The molecule has 2 rings (SSSR count). The Morgan fingerprint density at radius 1 is 1.17 bits per heavy atom. The van der Waals surface area contributed by atoms with Crippen LogP contribution in [0.4, 0.5) is 15.8 Å². The van der Waals surface area contributed by atoms with Crippen LogP contribution in [0.25, 0.3) is 0 Å². The van der Waals surface area contributed by atoms with Gasteiger partial charge in [-0.2, -0.15) is 5.26 Å². The maximum atomic E-state index is 12.8. The van der Waals surface area contributed by atoms with Crippen molar-refractivity contribution in [1.29, 1.82) is 5.26 Å². The van der Waals surface area contributed by atoms with Crippen LogP contribution in [0.5, 0.6) is 0 Å². The Balaban J connectivity index is 2.10. The largest absolute Gasteiger partial charge is 0.360 e. The standard InChI is InChI=1S/C18H16FN3O/c1-12-3-8-17(13(2)9-12)21-11-14(10-20)18(23)22-16-6-4-15(19)5-7-16/h3-9,11,21H,1-2H3,(H,22,23)/b14-11-. The van der Waals surface area contributed by atoms with Gasteiger partial charge in [-0.15, -0.1) is 0 Å². The number of aryl methyl sites for hydroxylation is 2. The van der Waals surface area contributed by atoms with E-state index in [1.165, 1.54) is 30.5 Å². The molecule has 0 atom stereocenters. The minimum absolute atomic E-state index is 0.0747. The number of anilines is 2. The summed E-state index contributed by atoms with van der Waals surface area (Å²) < 4.78 is 12.8. The van der Waals surface area contributed by atoms with Gasteiger partial charge < -0.3 is 10.6 Å². The summed E-state index contributed by atoms with van der Waals surface area (Å²) in [6, 6.07) is 13.0. The number of nitrogens with one attached hydrogen (secondary N) is 2. The van der Waals surface area contributed by atoms with E-state index in [0.29, 0.717) is 5.69 Å². The molecule has 0 aromatic heterocycles. The zero-order valence-corrected chi connectivity index (χ0v) is 12.9. The highest BCUT2D eigenvalue weighted by Gasteiger charge is 2.09. The Morgan fingerprint density at radius 3 is 2.48 bits per heavy atom. The number of rotatable bonds is 4. The minimum atomic E-state index is -0.559. The lowest BCUT2D eigenvalue weighted by Gasteiger charge is -2.08. The molecular formula is C18H16FN3O. The van der Waals surface area contributed by atoms with E-state index in [0.717, 1.165) is 16.8 Å². The van der Waals surface area contributed by atoms with Gasteiger partial charge in [0.15, 0.2) is 0 Å². The molecule has 2 aromatic carbocycles. The lowest BCUT2D eigenvalue weighted by molar-refractivity contribution is -0.112. The predicted molar refractivity (Wildman–Crippen MR) is 88.3 cm³/mol. The fraction of sp³-hybridized carbons (Fsp3) is 0.111. The molecule has 0 fully saturated rings. The van der Waals surface area contributed by atoms with Crippen LogP contribution in [0.3, 0.4) is 0 Å². The molecule has 0 spiro atoms. The summed E-state index contributed by atoms with van der Waals surface area (Å²) in [5, 5.41) is 14.6. The second-order valence-electron chi connectivity index (χ2n) is 5.09. The van der Waals surface area contributed by atoms with Gasteiger partial charge in [-0.25, -0.2) is 4.39 Å². The van der Waals surface area contributed by atoms with Crippen LogP contribution in [0.15, 0.2) is 54.2 Å². The van der Waals surface area contributed by atoms with Crippen molar-refractivity contribution in [3.63, 3.8) is 0 Å². The second-order valence-corrected chi connectivity index (χ2v) is 5.09. The van der Waals surface area contributed by atoms with Crippen LogP contribution in [0.2, 0.25) is 0 Å². The number of carbonyl (C=O) groups excluding carboxylic acids is 1. The normalized spacial score (nSPS) is 10.8. The first-order chi connectivity index (χ1) is 11.0. The van der Waals surface area contributed by atoms with Gasteiger partial charge in [-0.1, -0.05) is 17.7 Å². The maximum absolute atomic E-state index is 12.8. The average molecular weight is 309 g/mol. The van der Waals surface area contributed by atoms with Gasteiger partial charge >= 0.3 is 0 Å². The smallest absolute Gasteiger partial charge is 0.267 e. The van der Waals surface area contributed by atoms with Crippen molar-refractivity contribution in [2.24, 2.45) is 0 Å². The summed E-state index contributed by atoms with van der Waals surface area (Å²) in [5.41, 5.74) is 3.31. The average Bonchev–Trinajstić information content (AvgIpc) is 2.52. The number of hydrogen-bond donors (Lipinski definition) is 2. The number of amides is 1. The maximum Gasteiger partial charge on any atom is 0.267 e. The van der Waals surface area contributed by atoms with Crippen molar-refractivity contribution in [2.75, 3.05) is 10.6 Å². The van der Waals surface area contributed by atoms with E-state index >= 15 is 0 Å². The molecule has 0 saturated carbocycles. The first-order valence-electron chi connectivity index (χ1n) is 7.00. The van der Waals surface area contributed by atoms with E-state index in [4.69, 9.17) is 5.26 Å². The summed E-state index contributed by atoms with van der Waals surface area (Å²) in [5.74, 6) is -0.952. The first-order valence-corrected chi connectivity index (χ1v) is 7.00. The number of hydrogen-bond acceptors (Lipinski definition) is 3. The van der Waals surface area contributed by atoms with E-state index in [1.807, 2.05) is 38.1 Å². The van der Waals surface area contributed by atoms with Crippen LogP contribution in [0.1, 0.15) is 11.1 Å².